The molecule has 1 saturated heterocycles. The number of benzene rings is 2. The van der Waals surface area contributed by atoms with Crippen LogP contribution in [0.4, 0.5) is 0 Å². The van der Waals surface area contributed by atoms with Crippen LogP contribution in [0.1, 0.15) is 17.5 Å². The molecule has 2 aromatic rings. The number of thioether (sulfide) groups is 1. The molecule has 2 aliphatic heterocycles. The van der Waals surface area contributed by atoms with Crippen molar-refractivity contribution in [1.82, 2.24) is 4.90 Å². The predicted octanol–water partition coefficient (Wildman–Crippen LogP) is 2.64. The number of phenols is 1. The molecule has 0 amide bonds. The molecule has 2 heterocycles. The number of ether oxygens (including phenoxy) is 1. The summed E-state index contributed by atoms with van der Waals surface area (Å²) in [5, 5.41) is 22.7. The fourth-order valence-corrected chi connectivity index (χ4v) is 6.86. The summed E-state index contributed by atoms with van der Waals surface area (Å²) >= 11 is 1.37. The number of carbonyl (C=O) groups excluding carboxylic acids is 1. The number of Topliss-reactive ketones (excluding diaryl/α,β-unsaturated/α-hetero) is 1. The lowest BCUT2D eigenvalue weighted by atomic mass is 9.51. The van der Waals surface area contributed by atoms with Gasteiger partial charge in [-0.3, -0.25) is 9.69 Å². The summed E-state index contributed by atoms with van der Waals surface area (Å²) in [6, 6.07) is 13.1. The van der Waals surface area contributed by atoms with Crippen LogP contribution in [0, 0.1) is 0 Å². The Morgan fingerprint density at radius 2 is 2.00 bits per heavy atom. The van der Waals surface area contributed by atoms with Crippen molar-refractivity contribution in [3.8, 4) is 11.5 Å². The van der Waals surface area contributed by atoms with Gasteiger partial charge in [0.05, 0.1) is 10.3 Å². The van der Waals surface area contributed by atoms with E-state index in [1.165, 1.54) is 11.8 Å². The standard InChI is InChI=1S/C23H21NO4S/c1-24-10-9-22-18-13-7-8-15(25)20(18)28-21(22)19(26)16(12-23(22,27)17(24)11-13)29-14-5-3-2-4-6-14/h2-8,12,17,21,25,27H,9-11H2,1H3/t17?,21-,22-,23+/m0/s1. The SMILES string of the molecule is CN1CC[C@]23c4c5ccc(O)c4O[C@H]2C(=O)C(Sc2ccccc2)=C[C@@]3(O)C1C5. The van der Waals surface area contributed by atoms with E-state index < -0.39 is 17.1 Å². The highest BCUT2D eigenvalue weighted by Crippen LogP contribution is 2.64. The van der Waals surface area contributed by atoms with Gasteiger partial charge in [0.1, 0.15) is 5.60 Å². The third-order valence-electron chi connectivity index (χ3n) is 7.18. The van der Waals surface area contributed by atoms with E-state index in [2.05, 4.69) is 4.90 Å². The zero-order valence-corrected chi connectivity index (χ0v) is 16.8. The molecule has 6 rings (SSSR count). The van der Waals surface area contributed by atoms with Gasteiger partial charge in [-0.25, -0.2) is 0 Å². The van der Waals surface area contributed by atoms with E-state index in [-0.39, 0.29) is 17.6 Å². The van der Waals surface area contributed by atoms with Crippen LogP contribution in [-0.2, 0) is 16.6 Å². The number of likely N-dealkylation sites (tertiary alicyclic amines) is 1. The first-order chi connectivity index (χ1) is 14.0. The van der Waals surface area contributed by atoms with Crippen molar-refractivity contribution in [2.45, 2.75) is 40.9 Å². The monoisotopic (exact) mass is 407 g/mol. The third kappa shape index (κ3) is 2.02. The van der Waals surface area contributed by atoms with E-state index in [0.717, 1.165) is 22.6 Å². The maximum absolute atomic E-state index is 13.6. The molecular weight excluding hydrogens is 386 g/mol. The average molecular weight is 407 g/mol. The van der Waals surface area contributed by atoms with Gasteiger partial charge < -0.3 is 14.9 Å². The minimum absolute atomic E-state index is 0.0392. The van der Waals surface area contributed by atoms with Crippen LogP contribution >= 0.6 is 11.8 Å². The van der Waals surface area contributed by atoms with E-state index in [1.807, 2.05) is 43.4 Å². The summed E-state index contributed by atoms with van der Waals surface area (Å²) in [5.41, 5.74) is -0.185. The van der Waals surface area contributed by atoms with E-state index in [1.54, 1.807) is 12.1 Å². The van der Waals surface area contributed by atoms with Crippen LogP contribution in [0.2, 0.25) is 0 Å². The van der Waals surface area contributed by atoms with Gasteiger partial charge in [0.2, 0.25) is 5.78 Å². The Balaban J connectivity index is 1.59. The molecule has 4 atom stereocenters. The predicted molar refractivity (Wildman–Crippen MR) is 109 cm³/mol. The Bertz CT molecular complexity index is 1080. The lowest BCUT2D eigenvalue weighted by molar-refractivity contribution is -0.152. The zero-order chi connectivity index (χ0) is 20.0. The molecule has 2 bridgehead atoms. The number of hydrogen-bond acceptors (Lipinski definition) is 6. The Morgan fingerprint density at radius 3 is 2.79 bits per heavy atom. The van der Waals surface area contributed by atoms with Crippen LogP contribution < -0.4 is 4.74 Å². The van der Waals surface area contributed by atoms with Crippen LogP contribution in [0.3, 0.4) is 0 Å². The second-order valence-electron chi connectivity index (χ2n) is 8.48. The molecule has 4 aliphatic rings. The van der Waals surface area contributed by atoms with Gasteiger partial charge >= 0.3 is 0 Å². The third-order valence-corrected chi connectivity index (χ3v) is 8.23. The number of rotatable bonds is 2. The first kappa shape index (κ1) is 17.6. The highest BCUT2D eigenvalue weighted by Gasteiger charge is 2.72. The summed E-state index contributed by atoms with van der Waals surface area (Å²) in [7, 11) is 2.03. The van der Waals surface area contributed by atoms with E-state index in [9.17, 15) is 15.0 Å². The Labute approximate surface area is 173 Å². The molecule has 1 spiro atoms. The van der Waals surface area contributed by atoms with Crippen LogP contribution in [-0.4, -0.2) is 52.2 Å². The lowest BCUT2D eigenvalue weighted by Crippen LogP contribution is -2.75. The Hall–Kier alpha value is -2.28. The van der Waals surface area contributed by atoms with Gasteiger partial charge in [0.25, 0.3) is 0 Å². The van der Waals surface area contributed by atoms with Crippen LogP contribution in [0.15, 0.2) is 58.3 Å². The van der Waals surface area contributed by atoms with Gasteiger partial charge in [0, 0.05) is 16.5 Å². The van der Waals surface area contributed by atoms with Gasteiger partial charge in [-0.1, -0.05) is 36.0 Å². The van der Waals surface area contributed by atoms with Crippen molar-refractivity contribution < 1.29 is 19.7 Å². The maximum Gasteiger partial charge on any atom is 0.210 e. The van der Waals surface area contributed by atoms with Crippen LogP contribution in [0.25, 0.3) is 0 Å². The van der Waals surface area contributed by atoms with E-state index in [0.29, 0.717) is 23.5 Å². The van der Waals surface area contributed by atoms with E-state index >= 15 is 0 Å². The molecule has 148 valence electrons. The quantitative estimate of drug-likeness (QED) is 0.798. The largest absolute Gasteiger partial charge is 0.504 e. The molecule has 0 radical (unpaired) electrons. The summed E-state index contributed by atoms with van der Waals surface area (Å²) in [5.74, 6) is 0.300. The molecule has 1 fully saturated rings. The minimum Gasteiger partial charge on any atom is -0.504 e. The smallest absolute Gasteiger partial charge is 0.210 e. The fourth-order valence-electron chi connectivity index (χ4n) is 5.87. The molecule has 6 heteroatoms. The van der Waals surface area contributed by atoms with Crippen molar-refractivity contribution in [3.63, 3.8) is 0 Å². The first-order valence-corrected chi connectivity index (χ1v) is 10.7. The van der Waals surface area contributed by atoms with Gasteiger partial charge in [-0.15, -0.1) is 0 Å². The normalized spacial score (nSPS) is 34.4. The summed E-state index contributed by atoms with van der Waals surface area (Å²) < 4.78 is 6.16. The number of ketones is 1. The molecule has 5 nitrogen and oxygen atoms in total. The number of carbonyl (C=O) groups is 1. The van der Waals surface area contributed by atoms with Gasteiger partial charge in [-0.05, 0) is 56.3 Å². The number of likely N-dealkylation sites (N-methyl/N-ethyl adjacent to an activating group) is 1. The zero-order valence-electron chi connectivity index (χ0n) is 16.0. The van der Waals surface area contributed by atoms with Crippen molar-refractivity contribution in [2.75, 3.05) is 13.6 Å². The van der Waals surface area contributed by atoms with Crippen molar-refractivity contribution in [3.05, 3.63) is 64.6 Å². The van der Waals surface area contributed by atoms with Gasteiger partial charge in [-0.2, -0.15) is 0 Å². The second-order valence-corrected chi connectivity index (χ2v) is 9.60. The Morgan fingerprint density at radius 1 is 1.21 bits per heavy atom. The maximum atomic E-state index is 13.6. The molecule has 2 N–H and O–H groups in total. The Kier molecular flexibility index (Phi) is 3.43. The first-order valence-electron chi connectivity index (χ1n) is 9.90. The molecule has 2 aromatic carbocycles. The summed E-state index contributed by atoms with van der Waals surface area (Å²) in [6.45, 7) is 0.768. The molecule has 0 saturated carbocycles. The second kappa shape index (κ2) is 5.65. The summed E-state index contributed by atoms with van der Waals surface area (Å²) in [6.07, 6.45) is 2.23. The molecule has 1 unspecified atom stereocenters. The van der Waals surface area contributed by atoms with Crippen molar-refractivity contribution in [1.29, 1.82) is 0 Å². The molecular formula is C23H21NO4S. The minimum atomic E-state index is -1.23. The number of hydrogen-bond donors (Lipinski definition) is 2. The number of aliphatic hydroxyl groups is 1. The topological polar surface area (TPSA) is 70.0 Å². The number of aromatic hydroxyl groups is 1. The molecule has 29 heavy (non-hydrogen) atoms. The number of phenolic OH excluding ortho intramolecular Hbond substituents is 1. The van der Waals surface area contributed by atoms with Crippen molar-refractivity contribution >= 4 is 17.5 Å². The van der Waals surface area contributed by atoms with Gasteiger partial charge in [0.15, 0.2) is 17.6 Å². The average Bonchev–Trinajstić information content (AvgIpc) is 3.07. The van der Waals surface area contributed by atoms with Crippen LogP contribution in [0.5, 0.6) is 11.5 Å². The molecule has 2 aliphatic carbocycles. The highest BCUT2D eigenvalue weighted by atomic mass is 32.2. The lowest BCUT2D eigenvalue weighted by Gasteiger charge is -2.60. The fraction of sp³-hybridized carbons (Fsp3) is 0.348. The highest BCUT2D eigenvalue weighted by molar-refractivity contribution is 8.04. The summed E-state index contributed by atoms with van der Waals surface area (Å²) in [4.78, 5) is 17.2. The van der Waals surface area contributed by atoms with Crippen molar-refractivity contribution in [2.24, 2.45) is 0 Å². The number of piperidine rings is 1. The number of nitrogens with zero attached hydrogens (tertiary/aromatic N) is 1. The van der Waals surface area contributed by atoms with E-state index in [4.69, 9.17) is 4.74 Å². The molecule has 0 aromatic heterocycles.